The second-order valence-electron chi connectivity index (χ2n) is 4.57. The molecule has 20 heavy (non-hydrogen) atoms. The average molecular weight is 278 g/mol. The maximum Gasteiger partial charge on any atom is 0.305 e. The highest BCUT2D eigenvalue weighted by atomic mass is 16.4. The van der Waals surface area contributed by atoms with E-state index < -0.39 is 24.0 Å². The summed E-state index contributed by atoms with van der Waals surface area (Å²) in [4.78, 5) is 34.1. The van der Waals surface area contributed by atoms with Gasteiger partial charge in [-0.25, -0.2) is 0 Å². The topological polar surface area (TPSA) is 95.5 Å². The Morgan fingerprint density at radius 2 is 1.70 bits per heavy atom. The molecule has 1 rings (SSSR count). The van der Waals surface area contributed by atoms with Crippen LogP contribution in [0.5, 0.6) is 0 Å². The molecule has 0 aliphatic heterocycles. The summed E-state index contributed by atoms with van der Waals surface area (Å²) in [5, 5.41) is 13.7. The van der Waals surface area contributed by atoms with E-state index in [0.717, 1.165) is 0 Å². The minimum absolute atomic E-state index is 0.162. The van der Waals surface area contributed by atoms with E-state index in [-0.39, 0.29) is 12.3 Å². The van der Waals surface area contributed by atoms with Gasteiger partial charge in [0.25, 0.3) is 5.91 Å². The Kier molecular flexibility index (Phi) is 5.71. The lowest BCUT2D eigenvalue weighted by Crippen LogP contribution is -2.47. The molecule has 2 unspecified atom stereocenters. The largest absolute Gasteiger partial charge is 0.481 e. The Labute approximate surface area is 117 Å². The van der Waals surface area contributed by atoms with Crippen molar-refractivity contribution in [3.8, 4) is 0 Å². The predicted octanol–water partition coefficient (Wildman–Crippen LogP) is 0.784. The summed E-state index contributed by atoms with van der Waals surface area (Å²) < 4.78 is 0. The van der Waals surface area contributed by atoms with Crippen LogP contribution in [-0.4, -0.2) is 35.0 Å². The molecule has 0 heterocycles. The number of hydrogen-bond donors (Lipinski definition) is 3. The first kappa shape index (κ1) is 15.7. The van der Waals surface area contributed by atoms with Crippen molar-refractivity contribution in [1.29, 1.82) is 0 Å². The van der Waals surface area contributed by atoms with Crippen LogP contribution in [0.25, 0.3) is 0 Å². The Hall–Kier alpha value is -2.37. The van der Waals surface area contributed by atoms with E-state index in [9.17, 15) is 14.4 Å². The van der Waals surface area contributed by atoms with E-state index in [1.54, 1.807) is 44.2 Å². The quantitative estimate of drug-likeness (QED) is 0.716. The number of carboxylic acid groups (broad SMARTS) is 1. The standard InChI is InChI=1S/C14H18N2O4/c1-9(8-12(17)18)15-13(19)10(2)16-14(20)11-6-4-3-5-7-11/h3-7,9-10H,8H2,1-2H3,(H,15,19)(H,16,20)(H,17,18). The molecule has 0 radical (unpaired) electrons. The van der Waals surface area contributed by atoms with Crippen LogP contribution in [0.4, 0.5) is 0 Å². The number of rotatable bonds is 6. The molecule has 108 valence electrons. The van der Waals surface area contributed by atoms with Gasteiger partial charge >= 0.3 is 5.97 Å². The highest BCUT2D eigenvalue weighted by Gasteiger charge is 2.19. The predicted molar refractivity (Wildman–Crippen MR) is 73.2 cm³/mol. The highest BCUT2D eigenvalue weighted by molar-refractivity contribution is 5.97. The Morgan fingerprint density at radius 1 is 1.10 bits per heavy atom. The van der Waals surface area contributed by atoms with Gasteiger partial charge in [0.2, 0.25) is 5.91 Å². The van der Waals surface area contributed by atoms with Crippen LogP contribution < -0.4 is 10.6 Å². The molecule has 2 amide bonds. The summed E-state index contributed by atoms with van der Waals surface area (Å²) >= 11 is 0. The van der Waals surface area contributed by atoms with E-state index in [4.69, 9.17) is 5.11 Å². The van der Waals surface area contributed by atoms with Crippen molar-refractivity contribution in [2.24, 2.45) is 0 Å². The van der Waals surface area contributed by atoms with Crippen LogP contribution in [0, 0.1) is 0 Å². The third-order valence-electron chi connectivity index (χ3n) is 2.65. The fourth-order valence-electron chi connectivity index (χ4n) is 1.62. The first-order chi connectivity index (χ1) is 9.40. The van der Waals surface area contributed by atoms with Gasteiger partial charge in [0.15, 0.2) is 0 Å². The number of amides is 2. The molecule has 1 aromatic rings. The minimum atomic E-state index is -0.987. The second kappa shape index (κ2) is 7.28. The number of nitrogens with one attached hydrogen (secondary N) is 2. The van der Waals surface area contributed by atoms with Gasteiger partial charge < -0.3 is 15.7 Å². The van der Waals surface area contributed by atoms with Crippen molar-refractivity contribution in [1.82, 2.24) is 10.6 Å². The normalized spacial score (nSPS) is 13.1. The van der Waals surface area contributed by atoms with E-state index in [0.29, 0.717) is 5.56 Å². The Balaban J connectivity index is 2.49. The summed E-state index contributed by atoms with van der Waals surface area (Å²) in [7, 11) is 0. The summed E-state index contributed by atoms with van der Waals surface area (Å²) in [6.45, 7) is 3.14. The number of hydrogen-bond acceptors (Lipinski definition) is 3. The SMILES string of the molecule is CC(CC(=O)O)NC(=O)C(C)NC(=O)c1ccccc1. The molecule has 0 fully saturated rings. The molecule has 0 aliphatic carbocycles. The van der Waals surface area contributed by atoms with Crippen LogP contribution >= 0.6 is 0 Å². The third kappa shape index (κ3) is 5.09. The van der Waals surface area contributed by atoms with Gasteiger partial charge in [0.05, 0.1) is 6.42 Å². The zero-order chi connectivity index (χ0) is 15.1. The lowest BCUT2D eigenvalue weighted by Gasteiger charge is -2.17. The third-order valence-corrected chi connectivity index (χ3v) is 2.65. The Morgan fingerprint density at radius 3 is 2.25 bits per heavy atom. The molecule has 1 aromatic carbocycles. The zero-order valence-corrected chi connectivity index (χ0v) is 11.4. The fraction of sp³-hybridized carbons (Fsp3) is 0.357. The lowest BCUT2D eigenvalue weighted by atomic mass is 10.2. The molecule has 0 saturated carbocycles. The van der Waals surface area contributed by atoms with Gasteiger partial charge in [0.1, 0.15) is 6.04 Å². The molecule has 6 nitrogen and oxygen atoms in total. The molecule has 3 N–H and O–H groups in total. The smallest absolute Gasteiger partial charge is 0.305 e. The van der Waals surface area contributed by atoms with Crippen molar-refractivity contribution >= 4 is 17.8 Å². The van der Waals surface area contributed by atoms with Gasteiger partial charge in [-0.1, -0.05) is 18.2 Å². The molecular weight excluding hydrogens is 260 g/mol. The van der Waals surface area contributed by atoms with E-state index >= 15 is 0 Å². The van der Waals surface area contributed by atoms with Crippen molar-refractivity contribution < 1.29 is 19.5 Å². The number of benzene rings is 1. The number of carboxylic acids is 1. The molecule has 0 saturated heterocycles. The van der Waals surface area contributed by atoms with Crippen LogP contribution in [-0.2, 0) is 9.59 Å². The summed E-state index contributed by atoms with van der Waals surface area (Å²) in [6, 6.07) is 7.32. The first-order valence-electron chi connectivity index (χ1n) is 6.28. The fourth-order valence-corrected chi connectivity index (χ4v) is 1.62. The molecule has 6 heteroatoms. The van der Waals surface area contributed by atoms with Gasteiger partial charge in [-0.3, -0.25) is 14.4 Å². The molecule has 2 atom stereocenters. The number of aliphatic carboxylic acids is 1. The molecule has 0 aliphatic rings. The lowest BCUT2D eigenvalue weighted by molar-refractivity contribution is -0.137. The second-order valence-corrected chi connectivity index (χ2v) is 4.57. The number of carbonyl (C=O) groups excluding carboxylic acids is 2. The van der Waals surface area contributed by atoms with Crippen LogP contribution in [0.1, 0.15) is 30.6 Å². The van der Waals surface area contributed by atoms with Gasteiger partial charge in [-0.15, -0.1) is 0 Å². The van der Waals surface area contributed by atoms with Gasteiger partial charge in [0, 0.05) is 11.6 Å². The van der Waals surface area contributed by atoms with Crippen LogP contribution in [0.2, 0.25) is 0 Å². The molecule has 0 spiro atoms. The maximum atomic E-state index is 11.8. The minimum Gasteiger partial charge on any atom is -0.481 e. The Bertz CT molecular complexity index is 487. The first-order valence-corrected chi connectivity index (χ1v) is 6.28. The molecule has 0 aromatic heterocycles. The molecule has 0 bridgehead atoms. The van der Waals surface area contributed by atoms with Crippen molar-refractivity contribution in [3.05, 3.63) is 35.9 Å². The highest BCUT2D eigenvalue weighted by Crippen LogP contribution is 1.99. The summed E-state index contributed by atoms with van der Waals surface area (Å²) in [5.74, 6) is -1.75. The number of carbonyl (C=O) groups is 3. The van der Waals surface area contributed by atoms with Crippen LogP contribution in [0.15, 0.2) is 30.3 Å². The molecular formula is C14H18N2O4. The van der Waals surface area contributed by atoms with Crippen molar-refractivity contribution in [2.45, 2.75) is 32.4 Å². The van der Waals surface area contributed by atoms with E-state index in [1.165, 1.54) is 0 Å². The maximum absolute atomic E-state index is 11.8. The summed E-state index contributed by atoms with van der Waals surface area (Å²) in [5.41, 5.74) is 0.464. The average Bonchev–Trinajstić information content (AvgIpc) is 2.38. The monoisotopic (exact) mass is 278 g/mol. The van der Waals surface area contributed by atoms with Crippen molar-refractivity contribution in [2.75, 3.05) is 0 Å². The summed E-state index contributed by atoms with van der Waals surface area (Å²) in [6.07, 6.45) is -0.162. The zero-order valence-electron chi connectivity index (χ0n) is 11.4. The van der Waals surface area contributed by atoms with Crippen molar-refractivity contribution in [3.63, 3.8) is 0 Å². The van der Waals surface area contributed by atoms with E-state index in [2.05, 4.69) is 10.6 Å². The van der Waals surface area contributed by atoms with Gasteiger partial charge in [-0.05, 0) is 26.0 Å². The van der Waals surface area contributed by atoms with Crippen LogP contribution in [0.3, 0.4) is 0 Å². The van der Waals surface area contributed by atoms with E-state index in [1.807, 2.05) is 0 Å². The van der Waals surface area contributed by atoms with Gasteiger partial charge in [-0.2, -0.15) is 0 Å².